The van der Waals surface area contributed by atoms with Crippen molar-refractivity contribution < 1.29 is 9.53 Å². The minimum Gasteiger partial charge on any atom is -0.446 e. The lowest BCUT2D eigenvalue weighted by Gasteiger charge is -2.58. The highest BCUT2D eigenvalue weighted by molar-refractivity contribution is 5.68. The molecule has 0 heterocycles. The lowest BCUT2D eigenvalue weighted by Crippen LogP contribution is -2.51. The van der Waals surface area contributed by atoms with Gasteiger partial charge in [0.2, 0.25) is 0 Å². The summed E-state index contributed by atoms with van der Waals surface area (Å²) in [6.07, 6.45) is 22.7. The molecule has 0 spiro atoms. The zero-order valence-electron chi connectivity index (χ0n) is 41.9. The van der Waals surface area contributed by atoms with Crippen LogP contribution in [0.5, 0.6) is 0 Å². The molecule has 0 aliphatic heterocycles. The van der Waals surface area contributed by atoms with Crippen LogP contribution in [0.3, 0.4) is 0 Å². The van der Waals surface area contributed by atoms with Crippen LogP contribution >= 0.6 is 0 Å². The van der Waals surface area contributed by atoms with Gasteiger partial charge in [-0.05, 0) is 143 Å². The summed E-state index contributed by atoms with van der Waals surface area (Å²) < 4.78 is 6.36. The van der Waals surface area contributed by atoms with Crippen molar-refractivity contribution in [2.24, 2.45) is 52.3 Å². The van der Waals surface area contributed by atoms with Gasteiger partial charge in [-0.2, -0.15) is 0 Å². The highest BCUT2D eigenvalue weighted by Gasteiger charge is 2.59. The summed E-state index contributed by atoms with van der Waals surface area (Å²) in [4.78, 5) is 15.6. The van der Waals surface area contributed by atoms with E-state index in [9.17, 15) is 4.79 Å². The monoisotopic (exact) mass is 871 g/mol. The normalized spacial score (nSPS) is 28.0. The fraction of sp³-hybridized carbons (Fsp3) is 0.942. The lowest BCUT2D eigenvalue weighted by molar-refractivity contribution is -0.0595. The average Bonchev–Trinajstić information content (AvgIpc) is 3.62. The number of carbonyl (C=O) groups excluding carboxylic acids is 1. The second kappa shape index (κ2) is 29.4. The van der Waals surface area contributed by atoms with Crippen LogP contribution in [-0.2, 0) is 4.74 Å². The molecule has 4 aliphatic carbocycles. The molecule has 0 unspecified atom stereocenters. The molecule has 0 saturated heterocycles. The third kappa shape index (κ3) is 16.6. The maximum Gasteiger partial charge on any atom is 0.410 e. The van der Waals surface area contributed by atoms with Crippen molar-refractivity contribution in [3.05, 3.63) is 11.6 Å². The number of nitrogens with zero attached hydrogens (tertiary/aromatic N) is 1. The van der Waals surface area contributed by atoms with Gasteiger partial charge in [-0.25, -0.2) is 4.79 Å². The zero-order valence-corrected chi connectivity index (χ0v) is 41.9. The van der Waals surface area contributed by atoms with Crippen LogP contribution in [0.4, 0.5) is 4.79 Å². The van der Waals surface area contributed by atoms with Crippen molar-refractivity contribution in [2.45, 2.75) is 157 Å². The van der Waals surface area contributed by atoms with Crippen LogP contribution in [0.2, 0.25) is 0 Å². The number of fused-ring (bicyclic) bond motifs is 5. The van der Waals surface area contributed by atoms with Gasteiger partial charge in [-0.3, -0.25) is 0 Å². The molecule has 362 valence electrons. The Morgan fingerprint density at radius 1 is 0.710 bits per heavy atom. The Labute approximate surface area is 383 Å². The SMILES string of the molecule is CCCCN(CCNCCNCCNCCNCCNCCNCCCCCNC)C(=O)O[C@H]1CC[C@@]2(C)C(=CC[C@H]3[C@@H]4CC[C@H]([C@H](C)CC[C@@H](CC)C(C)C)[C@@]4(C)CC[C@@H]32)C1. The minimum atomic E-state index is -0.106. The number of hydrogen-bond acceptors (Lipinski definition) is 9. The number of hydrogen-bond donors (Lipinski definition) is 7. The van der Waals surface area contributed by atoms with E-state index in [1.165, 1.54) is 77.0 Å². The minimum absolute atomic E-state index is 0.00942. The molecule has 1 amide bonds. The van der Waals surface area contributed by atoms with Gasteiger partial charge < -0.3 is 46.9 Å². The summed E-state index contributed by atoms with van der Waals surface area (Å²) in [5, 5.41) is 24.4. The van der Waals surface area contributed by atoms with E-state index < -0.39 is 0 Å². The predicted octanol–water partition coefficient (Wildman–Crippen LogP) is 8.20. The van der Waals surface area contributed by atoms with Gasteiger partial charge in [0, 0.05) is 91.5 Å². The summed E-state index contributed by atoms with van der Waals surface area (Å²) in [6, 6.07) is 0. The topological polar surface area (TPSA) is 114 Å². The molecule has 0 bridgehead atoms. The van der Waals surface area contributed by atoms with E-state index in [1.807, 2.05) is 11.9 Å². The first-order chi connectivity index (χ1) is 30.1. The molecule has 7 N–H and O–H groups in total. The fourth-order valence-electron chi connectivity index (χ4n) is 12.8. The number of amides is 1. The predicted molar refractivity (Wildman–Crippen MR) is 264 cm³/mol. The second-order valence-corrected chi connectivity index (χ2v) is 21.2. The molecule has 3 saturated carbocycles. The third-order valence-electron chi connectivity index (χ3n) is 16.8. The van der Waals surface area contributed by atoms with Gasteiger partial charge in [-0.1, -0.05) is 85.8 Å². The lowest BCUT2D eigenvalue weighted by atomic mass is 9.47. The van der Waals surface area contributed by atoms with E-state index in [0.29, 0.717) is 12.0 Å². The molecule has 4 aliphatic rings. The van der Waals surface area contributed by atoms with Gasteiger partial charge in [0.1, 0.15) is 6.10 Å². The number of nitrogens with one attached hydrogen (secondary N) is 7. The Morgan fingerprint density at radius 3 is 1.92 bits per heavy atom. The zero-order chi connectivity index (χ0) is 44.6. The Kier molecular flexibility index (Phi) is 25.3. The Hall–Kier alpha value is -1.27. The number of carbonyl (C=O) groups is 1. The summed E-state index contributed by atoms with van der Waals surface area (Å²) >= 11 is 0. The van der Waals surface area contributed by atoms with E-state index in [4.69, 9.17) is 4.74 Å². The summed E-state index contributed by atoms with van der Waals surface area (Å²) in [5.41, 5.74) is 2.40. The Morgan fingerprint density at radius 2 is 1.32 bits per heavy atom. The molecule has 0 aromatic heterocycles. The third-order valence-corrected chi connectivity index (χ3v) is 16.8. The van der Waals surface area contributed by atoms with Crippen LogP contribution < -0.4 is 37.2 Å². The standard InChI is InChI=1S/C52H102N8O2/c1-9-11-38-60(39-37-59-36-35-58-34-33-57-32-31-56-30-29-55-28-27-54-26-14-12-13-25-53-8)50(61)62-45-21-23-51(6)44(40-45)17-18-46-48-20-19-47(52(48,7)24-22-49(46)51)42(5)15-16-43(10-2)41(3)4/h17,41-43,45-49,53-59H,9-16,18-40H2,1-8H3/t42-,43-,45+,46+,47-,48+,49+,51+,52-/m1/s1. The van der Waals surface area contributed by atoms with E-state index in [2.05, 4.69) is 91.8 Å². The van der Waals surface area contributed by atoms with Crippen molar-refractivity contribution in [3.63, 3.8) is 0 Å². The van der Waals surface area contributed by atoms with Gasteiger partial charge in [0.25, 0.3) is 0 Å². The number of ether oxygens (including phenoxy) is 1. The Balaban J connectivity index is 1.06. The van der Waals surface area contributed by atoms with Gasteiger partial charge >= 0.3 is 6.09 Å². The van der Waals surface area contributed by atoms with E-state index in [0.717, 1.165) is 159 Å². The Bertz CT molecular complexity index is 1240. The summed E-state index contributed by atoms with van der Waals surface area (Å²) in [7, 11) is 2.02. The molecule has 10 nitrogen and oxygen atoms in total. The number of rotatable bonds is 34. The highest BCUT2D eigenvalue weighted by Crippen LogP contribution is 2.67. The average molecular weight is 871 g/mol. The molecule has 10 heteroatoms. The number of unbranched alkanes of at least 4 members (excludes halogenated alkanes) is 3. The van der Waals surface area contributed by atoms with Crippen molar-refractivity contribution in [3.8, 4) is 0 Å². The summed E-state index contributed by atoms with van der Waals surface area (Å²) in [5.74, 6) is 5.92. The van der Waals surface area contributed by atoms with Crippen molar-refractivity contribution in [1.82, 2.24) is 42.1 Å². The van der Waals surface area contributed by atoms with Crippen LogP contribution in [0, 0.1) is 52.3 Å². The number of allylic oxidation sites excluding steroid dienone is 1. The smallest absolute Gasteiger partial charge is 0.410 e. The molecular formula is C52H102N8O2. The maximum absolute atomic E-state index is 13.6. The first kappa shape index (κ1) is 53.3. The van der Waals surface area contributed by atoms with Crippen LogP contribution in [0.25, 0.3) is 0 Å². The molecule has 4 rings (SSSR count). The highest BCUT2D eigenvalue weighted by atomic mass is 16.6. The fourth-order valence-corrected chi connectivity index (χ4v) is 12.8. The quantitative estimate of drug-likeness (QED) is 0.0254. The van der Waals surface area contributed by atoms with Crippen LogP contribution in [0.1, 0.15) is 151 Å². The molecular weight excluding hydrogens is 769 g/mol. The maximum atomic E-state index is 13.6. The van der Waals surface area contributed by atoms with E-state index >= 15 is 0 Å². The van der Waals surface area contributed by atoms with Gasteiger partial charge in [-0.15, -0.1) is 0 Å². The molecule has 3 fully saturated rings. The largest absolute Gasteiger partial charge is 0.446 e. The van der Waals surface area contributed by atoms with Gasteiger partial charge in [0.05, 0.1) is 0 Å². The molecule has 9 atom stereocenters. The molecule has 0 radical (unpaired) electrons. The van der Waals surface area contributed by atoms with Crippen molar-refractivity contribution >= 4 is 6.09 Å². The molecule has 62 heavy (non-hydrogen) atoms. The van der Waals surface area contributed by atoms with Crippen LogP contribution in [0.15, 0.2) is 11.6 Å². The van der Waals surface area contributed by atoms with E-state index in [-0.39, 0.29) is 17.6 Å². The van der Waals surface area contributed by atoms with Crippen molar-refractivity contribution in [1.29, 1.82) is 0 Å². The van der Waals surface area contributed by atoms with Crippen molar-refractivity contribution in [2.75, 3.05) is 105 Å². The van der Waals surface area contributed by atoms with E-state index in [1.54, 1.807) is 5.57 Å². The second-order valence-electron chi connectivity index (χ2n) is 21.2. The first-order valence-corrected chi connectivity index (χ1v) is 26.6. The first-order valence-electron chi connectivity index (χ1n) is 26.6. The van der Waals surface area contributed by atoms with Crippen LogP contribution in [-0.4, -0.2) is 122 Å². The molecule has 0 aromatic rings. The summed E-state index contributed by atoms with van der Waals surface area (Å²) in [6.45, 7) is 31.7. The van der Waals surface area contributed by atoms with Gasteiger partial charge in [0.15, 0.2) is 0 Å². The molecule has 0 aromatic carbocycles.